The zero-order valence-electron chi connectivity index (χ0n) is 6.67. The highest BCUT2D eigenvalue weighted by atomic mass is 79.9. The van der Waals surface area contributed by atoms with Crippen molar-refractivity contribution >= 4 is 21.7 Å². The summed E-state index contributed by atoms with van der Waals surface area (Å²) in [5, 5.41) is 0. The van der Waals surface area contributed by atoms with Crippen molar-refractivity contribution in [3.8, 4) is 0 Å². The van der Waals surface area contributed by atoms with Crippen LogP contribution in [0.4, 0.5) is 0 Å². The zero-order valence-corrected chi connectivity index (χ0v) is 8.26. The minimum Gasteiger partial charge on any atom is -0.298 e. The third-order valence-corrected chi connectivity index (χ3v) is 3.60. The Balaban J connectivity index is 2.94. The second-order valence-electron chi connectivity index (χ2n) is 2.86. The van der Waals surface area contributed by atoms with Crippen molar-refractivity contribution in [1.82, 2.24) is 0 Å². The van der Waals surface area contributed by atoms with Gasteiger partial charge in [0.15, 0.2) is 5.78 Å². The molecule has 1 aliphatic rings. The number of allylic oxidation sites excluding steroid dienone is 4. The van der Waals surface area contributed by atoms with Crippen molar-refractivity contribution in [2.45, 2.75) is 18.2 Å². The molecule has 0 saturated heterocycles. The number of rotatable bonds is 1. The van der Waals surface area contributed by atoms with Crippen LogP contribution in [-0.4, -0.2) is 10.1 Å². The van der Waals surface area contributed by atoms with Gasteiger partial charge in [-0.15, -0.1) is 0 Å². The Bertz CT molecular complexity index is 230. The SMILES string of the molecule is CC(=O)C1(Br)C=CC=CC1C. The maximum Gasteiger partial charge on any atom is 0.150 e. The lowest BCUT2D eigenvalue weighted by molar-refractivity contribution is -0.118. The first kappa shape index (κ1) is 8.72. The van der Waals surface area contributed by atoms with Gasteiger partial charge in [-0.05, 0) is 6.92 Å². The molecule has 0 spiro atoms. The lowest BCUT2D eigenvalue weighted by atomic mass is 9.87. The summed E-state index contributed by atoms with van der Waals surface area (Å²) in [5.41, 5.74) is 0. The average molecular weight is 215 g/mol. The molecule has 0 aliphatic heterocycles. The average Bonchev–Trinajstić information content (AvgIpc) is 1.95. The molecule has 60 valence electrons. The van der Waals surface area contributed by atoms with Crippen molar-refractivity contribution in [3.05, 3.63) is 24.3 Å². The largest absolute Gasteiger partial charge is 0.298 e. The Morgan fingerprint density at radius 2 is 2.18 bits per heavy atom. The normalized spacial score (nSPS) is 35.7. The fraction of sp³-hybridized carbons (Fsp3) is 0.444. The van der Waals surface area contributed by atoms with Gasteiger partial charge in [0.1, 0.15) is 4.32 Å². The summed E-state index contributed by atoms with van der Waals surface area (Å²) in [6.07, 6.45) is 7.79. The topological polar surface area (TPSA) is 17.1 Å². The second kappa shape index (κ2) is 2.94. The summed E-state index contributed by atoms with van der Waals surface area (Å²) < 4.78 is -0.457. The van der Waals surface area contributed by atoms with E-state index < -0.39 is 4.32 Å². The van der Waals surface area contributed by atoms with E-state index >= 15 is 0 Å². The number of alkyl halides is 1. The van der Waals surface area contributed by atoms with E-state index in [1.165, 1.54) is 0 Å². The highest BCUT2D eigenvalue weighted by Crippen LogP contribution is 2.33. The lowest BCUT2D eigenvalue weighted by Gasteiger charge is -2.27. The molecule has 0 aromatic heterocycles. The van der Waals surface area contributed by atoms with E-state index in [-0.39, 0.29) is 11.7 Å². The molecule has 0 fully saturated rings. The second-order valence-corrected chi connectivity index (χ2v) is 4.17. The Hall–Kier alpha value is -0.370. The first-order valence-corrected chi connectivity index (χ1v) is 4.42. The summed E-state index contributed by atoms with van der Waals surface area (Å²) in [7, 11) is 0. The van der Waals surface area contributed by atoms with Crippen LogP contribution in [0.25, 0.3) is 0 Å². The third-order valence-electron chi connectivity index (χ3n) is 2.05. The van der Waals surface area contributed by atoms with E-state index in [1.54, 1.807) is 6.92 Å². The van der Waals surface area contributed by atoms with Crippen LogP contribution in [-0.2, 0) is 4.79 Å². The quantitative estimate of drug-likeness (QED) is 0.614. The molecule has 1 nitrogen and oxygen atoms in total. The molecule has 0 aromatic rings. The smallest absolute Gasteiger partial charge is 0.150 e. The van der Waals surface area contributed by atoms with Crippen LogP contribution >= 0.6 is 15.9 Å². The molecule has 11 heavy (non-hydrogen) atoms. The predicted octanol–water partition coefficient (Wildman–Crippen LogP) is 2.47. The summed E-state index contributed by atoms with van der Waals surface area (Å²) in [6, 6.07) is 0. The third kappa shape index (κ3) is 1.45. The van der Waals surface area contributed by atoms with Crippen molar-refractivity contribution in [2.24, 2.45) is 5.92 Å². The lowest BCUT2D eigenvalue weighted by Crippen LogP contribution is -2.35. The molecule has 2 heteroatoms. The Labute approximate surface area is 75.3 Å². The van der Waals surface area contributed by atoms with Crippen LogP contribution in [0.1, 0.15) is 13.8 Å². The Morgan fingerprint density at radius 1 is 1.55 bits per heavy atom. The summed E-state index contributed by atoms with van der Waals surface area (Å²) in [5.74, 6) is 0.399. The number of Topliss-reactive ketones (excluding diaryl/α,β-unsaturated/α-hetero) is 1. The van der Waals surface area contributed by atoms with Gasteiger partial charge in [0.25, 0.3) is 0 Å². The molecule has 0 amide bonds. The van der Waals surface area contributed by atoms with Crippen LogP contribution < -0.4 is 0 Å². The first-order chi connectivity index (χ1) is 5.07. The molecule has 0 bridgehead atoms. The minimum absolute atomic E-state index is 0.158. The van der Waals surface area contributed by atoms with E-state index in [0.717, 1.165) is 0 Å². The summed E-state index contributed by atoms with van der Waals surface area (Å²) in [6.45, 7) is 3.63. The molecule has 0 saturated carbocycles. The van der Waals surface area contributed by atoms with Crippen LogP contribution in [0, 0.1) is 5.92 Å². The predicted molar refractivity (Wildman–Crippen MR) is 49.8 cm³/mol. The molecule has 0 N–H and O–H groups in total. The minimum atomic E-state index is -0.457. The van der Waals surface area contributed by atoms with Gasteiger partial charge in [0, 0.05) is 5.92 Å². The molecule has 1 aliphatic carbocycles. The highest BCUT2D eigenvalue weighted by molar-refractivity contribution is 9.10. The van der Waals surface area contributed by atoms with Gasteiger partial charge in [-0.3, -0.25) is 4.79 Å². The number of carbonyl (C=O) groups excluding carboxylic acids is 1. The maximum atomic E-state index is 11.2. The first-order valence-electron chi connectivity index (χ1n) is 3.63. The number of hydrogen-bond acceptors (Lipinski definition) is 1. The van der Waals surface area contributed by atoms with E-state index in [4.69, 9.17) is 0 Å². The van der Waals surface area contributed by atoms with Crippen molar-refractivity contribution in [1.29, 1.82) is 0 Å². The van der Waals surface area contributed by atoms with E-state index in [9.17, 15) is 4.79 Å². The number of halogens is 1. The van der Waals surface area contributed by atoms with Crippen LogP contribution in [0.3, 0.4) is 0 Å². The summed E-state index contributed by atoms with van der Waals surface area (Å²) >= 11 is 3.44. The van der Waals surface area contributed by atoms with Gasteiger partial charge < -0.3 is 0 Å². The maximum absolute atomic E-state index is 11.2. The standard InChI is InChI=1S/C9H11BrO/c1-7-5-3-4-6-9(7,10)8(2)11/h3-7H,1-2H3. The molecule has 0 heterocycles. The highest BCUT2D eigenvalue weighted by Gasteiger charge is 2.35. The van der Waals surface area contributed by atoms with E-state index in [0.29, 0.717) is 0 Å². The molecular formula is C9H11BrO. The number of carbonyl (C=O) groups is 1. The van der Waals surface area contributed by atoms with Crippen LogP contribution in [0.5, 0.6) is 0 Å². The summed E-state index contributed by atoms with van der Waals surface area (Å²) in [4.78, 5) is 11.2. The van der Waals surface area contributed by atoms with Crippen molar-refractivity contribution in [3.63, 3.8) is 0 Å². The van der Waals surface area contributed by atoms with Gasteiger partial charge >= 0.3 is 0 Å². The number of ketones is 1. The molecule has 2 unspecified atom stereocenters. The van der Waals surface area contributed by atoms with Crippen LogP contribution in [0.2, 0.25) is 0 Å². The van der Waals surface area contributed by atoms with E-state index in [1.807, 2.05) is 31.2 Å². The number of hydrogen-bond donors (Lipinski definition) is 0. The van der Waals surface area contributed by atoms with Gasteiger partial charge in [-0.2, -0.15) is 0 Å². The van der Waals surface area contributed by atoms with Gasteiger partial charge in [-0.1, -0.05) is 47.2 Å². The van der Waals surface area contributed by atoms with Gasteiger partial charge in [0.05, 0.1) is 0 Å². The Morgan fingerprint density at radius 3 is 2.55 bits per heavy atom. The van der Waals surface area contributed by atoms with Crippen molar-refractivity contribution in [2.75, 3.05) is 0 Å². The van der Waals surface area contributed by atoms with Crippen LogP contribution in [0.15, 0.2) is 24.3 Å². The zero-order chi connectivity index (χ0) is 8.48. The van der Waals surface area contributed by atoms with Crippen molar-refractivity contribution < 1.29 is 4.79 Å². The monoisotopic (exact) mass is 214 g/mol. The molecule has 1 rings (SSSR count). The van der Waals surface area contributed by atoms with Gasteiger partial charge in [0.2, 0.25) is 0 Å². The Kier molecular flexibility index (Phi) is 2.33. The molecular weight excluding hydrogens is 204 g/mol. The van der Waals surface area contributed by atoms with Gasteiger partial charge in [-0.25, -0.2) is 0 Å². The fourth-order valence-corrected chi connectivity index (χ4v) is 1.46. The molecule has 2 atom stereocenters. The molecule has 0 aromatic carbocycles. The fourth-order valence-electron chi connectivity index (χ4n) is 1.16. The molecule has 0 radical (unpaired) electrons. The van der Waals surface area contributed by atoms with E-state index in [2.05, 4.69) is 15.9 Å².